The molecule has 1 aromatic carbocycles. The van der Waals surface area contributed by atoms with Gasteiger partial charge in [0, 0.05) is 6.42 Å². The van der Waals surface area contributed by atoms with Gasteiger partial charge in [0.15, 0.2) is 5.76 Å². The summed E-state index contributed by atoms with van der Waals surface area (Å²) >= 11 is 0. The van der Waals surface area contributed by atoms with Crippen LogP contribution in [0.25, 0.3) is 0 Å². The summed E-state index contributed by atoms with van der Waals surface area (Å²) in [5.41, 5.74) is 1.09. The van der Waals surface area contributed by atoms with Crippen molar-refractivity contribution in [2.75, 3.05) is 0 Å². The smallest absolute Gasteiger partial charge is 0.399 e. The maximum absolute atomic E-state index is 10.5. The van der Waals surface area contributed by atoms with Crippen LogP contribution in [0.1, 0.15) is 11.3 Å². The molecule has 0 bridgehead atoms. The van der Waals surface area contributed by atoms with Crippen LogP contribution in [0.5, 0.6) is 0 Å². The van der Waals surface area contributed by atoms with Crippen LogP contribution in [0, 0.1) is 0 Å². The van der Waals surface area contributed by atoms with Crippen LogP contribution in [-0.4, -0.2) is 0 Å². The second-order valence-corrected chi connectivity index (χ2v) is 2.72. The molecule has 0 N–H and O–H groups in total. The minimum absolute atomic E-state index is 0.552. The SMILES string of the molecule is O=c1occ(Cc2ccccc2)o1. The third-order valence-electron chi connectivity index (χ3n) is 1.72. The predicted molar refractivity (Wildman–Crippen MR) is 46.5 cm³/mol. The molecule has 2 aromatic rings. The second kappa shape index (κ2) is 3.31. The van der Waals surface area contributed by atoms with Crippen molar-refractivity contribution in [2.45, 2.75) is 6.42 Å². The first-order valence-electron chi connectivity index (χ1n) is 3.96. The Hall–Kier alpha value is -1.77. The Morgan fingerprint density at radius 1 is 1.15 bits per heavy atom. The van der Waals surface area contributed by atoms with Gasteiger partial charge < -0.3 is 8.83 Å². The fourth-order valence-corrected chi connectivity index (χ4v) is 1.14. The second-order valence-electron chi connectivity index (χ2n) is 2.72. The van der Waals surface area contributed by atoms with Gasteiger partial charge in [-0.15, -0.1) is 0 Å². The molecule has 0 amide bonds. The van der Waals surface area contributed by atoms with E-state index in [2.05, 4.69) is 4.42 Å². The monoisotopic (exact) mass is 176 g/mol. The third-order valence-corrected chi connectivity index (χ3v) is 1.72. The van der Waals surface area contributed by atoms with Crippen LogP contribution in [0.2, 0.25) is 0 Å². The lowest BCUT2D eigenvalue weighted by atomic mass is 10.1. The first kappa shape index (κ1) is 7.86. The molecule has 0 aliphatic rings. The summed E-state index contributed by atoms with van der Waals surface area (Å²) in [5.74, 6) is -0.0952. The topological polar surface area (TPSA) is 43.4 Å². The summed E-state index contributed by atoms with van der Waals surface area (Å²) in [4.78, 5) is 10.5. The normalized spacial score (nSPS) is 10.2. The van der Waals surface area contributed by atoms with E-state index in [0.717, 1.165) is 5.56 Å². The molecule has 3 nitrogen and oxygen atoms in total. The van der Waals surface area contributed by atoms with Crippen LogP contribution >= 0.6 is 0 Å². The molecule has 0 radical (unpaired) electrons. The van der Waals surface area contributed by atoms with E-state index in [-0.39, 0.29) is 0 Å². The van der Waals surface area contributed by atoms with Crippen LogP contribution in [0.3, 0.4) is 0 Å². The van der Waals surface area contributed by atoms with E-state index in [4.69, 9.17) is 4.42 Å². The van der Waals surface area contributed by atoms with Crippen molar-refractivity contribution in [1.82, 2.24) is 0 Å². The first-order valence-corrected chi connectivity index (χ1v) is 3.96. The number of rotatable bonds is 2. The van der Waals surface area contributed by atoms with E-state index in [1.807, 2.05) is 30.3 Å². The summed E-state index contributed by atoms with van der Waals surface area (Å²) in [5, 5.41) is 0. The van der Waals surface area contributed by atoms with Crippen molar-refractivity contribution in [3.63, 3.8) is 0 Å². The van der Waals surface area contributed by atoms with Gasteiger partial charge in [-0.1, -0.05) is 30.3 Å². The standard InChI is InChI=1S/C10H8O3/c11-10-12-7-9(13-10)6-8-4-2-1-3-5-8/h1-5,7H,6H2. The molecule has 0 spiro atoms. The quantitative estimate of drug-likeness (QED) is 0.701. The van der Waals surface area contributed by atoms with Crippen molar-refractivity contribution in [1.29, 1.82) is 0 Å². The zero-order chi connectivity index (χ0) is 9.10. The predicted octanol–water partition coefficient (Wildman–Crippen LogP) is 1.82. The van der Waals surface area contributed by atoms with E-state index >= 15 is 0 Å². The zero-order valence-corrected chi connectivity index (χ0v) is 6.90. The molecule has 0 saturated carbocycles. The Kier molecular flexibility index (Phi) is 2.00. The van der Waals surface area contributed by atoms with Crippen molar-refractivity contribution in [3.05, 3.63) is 58.5 Å². The molecule has 0 aliphatic carbocycles. The van der Waals surface area contributed by atoms with Gasteiger partial charge in [-0.05, 0) is 5.56 Å². The molecule has 0 atom stereocenters. The minimum Gasteiger partial charge on any atom is -0.399 e. The van der Waals surface area contributed by atoms with Crippen molar-refractivity contribution in [2.24, 2.45) is 0 Å². The van der Waals surface area contributed by atoms with Crippen molar-refractivity contribution in [3.8, 4) is 0 Å². The summed E-state index contributed by atoms with van der Waals surface area (Å²) in [6, 6.07) is 9.75. The molecule has 1 heterocycles. The lowest BCUT2D eigenvalue weighted by Crippen LogP contribution is -1.88. The van der Waals surface area contributed by atoms with Gasteiger partial charge in [0.05, 0.1) is 0 Å². The molecule has 0 fully saturated rings. The number of hydrogen-bond acceptors (Lipinski definition) is 3. The molecule has 0 saturated heterocycles. The summed E-state index contributed by atoms with van der Waals surface area (Å²) < 4.78 is 9.28. The summed E-state index contributed by atoms with van der Waals surface area (Å²) in [7, 11) is 0. The van der Waals surface area contributed by atoms with Gasteiger partial charge in [0.25, 0.3) is 0 Å². The fourth-order valence-electron chi connectivity index (χ4n) is 1.14. The van der Waals surface area contributed by atoms with Crippen molar-refractivity contribution < 1.29 is 8.83 Å². The Morgan fingerprint density at radius 2 is 1.92 bits per heavy atom. The number of benzene rings is 1. The lowest BCUT2D eigenvalue weighted by Gasteiger charge is -1.94. The highest BCUT2D eigenvalue weighted by Gasteiger charge is 2.01. The summed E-state index contributed by atoms with van der Waals surface area (Å²) in [6.07, 6.45) is 1.93. The summed E-state index contributed by atoms with van der Waals surface area (Å²) in [6.45, 7) is 0. The van der Waals surface area contributed by atoms with Crippen LogP contribution in [0.15, 0.2) is 50.2 Å². The van der Waals surface area contributed by atoms with Gasteiger partial charge in [-0.3, -0.25) is 0 Å². The van der Waals surface area contributed by atoms with Gasteiger partial charge in [-0.2, -0.15) is 0 Å². The largest absolute Gasteiger partial charge is 0.518 e. The Balaban J connectivity index is 2.20. The molecule has 3 heteroatoms. The minimum atomic E-state index is -0.647. The third kappa shape index (κ3) is 1.87. The number of hydrogen-bond donors (Lipinski definition) is 0. The first-order chi connectivity index (χ1) is 6.34. The van der Waals surface area contributed by atoms with E-state index in [1.165, 1.54) is 6.26 Å². The average Bonchev–Trinajstić information content (AvgIpc) is 2.53. The van der Waals surface area contributed by atoms with Crippen LogP contribution in [0.4, 0.5) is 0 Å². The van der Waals surface area contributed by atoms with Gasteiger partial charge >= 0.3 is 5.82 Å². The molecular formula is C10H8O3. The van der Waals surface area contributed by atoms with Crippen LogP contribution in [-0.2, 0) is 6.42 Å². The molecule has 1 aromatic heterocycles. The highest BCUT2D eigenvalue weighted by Crippen LogP contribution is 2.06. The highest BCUT2D eigenvalue weighted by atomic mass is 16.6. The maximum atomic E-state index is 10.5. The lowest BCUT2D eigenvalue weighted by molar-refractivity contribution is 0.376. The zero-order valence-electron chi connectivity index (χ0n) is 6.90. The molecule has 66 valence electrons. The van der Waals surface area contributed by atoms with E-state index in [0.29, 0.717) is 12.2 Å². The molecule has 0 aliphatic heterocycles. The Bertz CT molecular complexity index is 425. The molecule has 0 unspecified atom stereocenters. The Labute approximate surface area is 74.6 Å². The van der Waals surface area contributed by atoms with Crippen LogP contribution < -0.4 is 5.82 Å². The van der Waals surface area contributed by atoms with Crippen molar-refractivity contribution >= 4 is 0 Å². The average molecular weight is 176 g/mol. The van der Waals surface area contributed by atoms with Gasteiger partial charge in [0.2, 0.25) is 0 Å². The van der Waals surface area contributed by atoms with E-state index < -0.39 is 5.82 Å². The molecular weight excluding hydrogens is 168 g/mol. The molecule has 13 heavy (non-hydrogen) atoms. The molecule has 2 rings (SSSR count). The van der Waals surface area contributed by atoms with Gasteiger partial charge in [-0.25, -0.2) is 4.79 Å². The highest BCUT2D eigenvalue weighted by molar-refractivity contribution is 5.18. The fraction of sp³-hybridized carbons (Fsp3) is 0.100. The maximum Gasteiger partial charge on any atom is 0.518 e. The Morgan fingerprint density at radius 3 is 2.54 bits per heavy atom. The van der Waals surface area contributed by atoms with E-state index in [9.17, 15) is 4.79 Å². The van der Waals surface area contributed by atoms with Gasteiger partial charge in [0.1, 0.15) is 6.26 Å². The van der Waals surface area contributed by atoms with E-state index in [1.54, 1.807) is 0 Å².